The molecule has 106 valence electrons. The van der Waals surface area contributed by atoms with E-state index in [0.29, 0.717) is 6.04 Å². The van der Waals surface area contributed by atoms with Crippen molar-refractivity contribution in [1.82, 2.24) is 10.3 Å². The van der Waals surface area contributed by atoms with Crippen LogP contribution in [0.2, 0.25) is 0 Å². The van der Waals surface area contributed by atoms with Gasteiger partial charge in [-0.25, -0.2) is 4.98 Å². The standard InChI is InChI=1S/C15H25N3S/c1-12-11-19-8-7-18(12)14-6-5-13(9-16-14)10-17-15(2,3)4/h5-6,9,12,17H,7-8,10-11H2,1-4H3. The van der Waals surface area contributed by atoms with E-state index in [9.17, 15) is 0 Å². The third-order valence-electron chi connectivity index (χ3n) is 3.29. The third kappa shape index (κ3) is 4.39. The van der Waals surface area contributed by atoms with E-state index < -0.39 is 0 Å². The van der Waals surface area contributed by atoms with E-state index in [1.807, 2.05) is 18.0 Å². The SMILES string of the molecule is CC1CSCCN1c1ccc(CNC(C)(C)C)cn1. The van der Waals surface area contributed by atoms with Crippen molar-refractivity contribution in [2.45, 2.75) is 45.8 Å². The van der Waals surface area contributed by atoms with Crippen LogP contribution in [0.5, 0.6) is 0 Å². The van der Waals surface area contributed by atoms with E-state index in [-0.39, 0.29) is 5.54 Å². The molecule has 1 aromatic rings. The summed E-state index contributed by atoms with van der Waals surface area (Å²) < 4.78 is 0. The van der Waals surface area contributed by atoms with Gasteiger partial charge in [0, 0.05) is 42.4 Å². The average Bonchev–Trinajstić information content (AvgIpc) is 2.37. The van der Waals surface area contributed by atoms with E-state index >= 15 is 0 Å². The van der Waals surface area contributed by atoms with Crippen LogP contribution < -0.4 is 10.2 Å². The van der Waals surface area contributed by atoms with Crippen LogP contribution in [0, 0.1) is 0 Å². The summed E-state index contributed by atoms with van der Waals surface area (Å²) in [5.41, 5.74) is 1.40. The first-order chi connectivity index (χ1) is 8.96. The topological polar surface area (TPSA) is 28.2 Å². The smallest absolute Gasteiger partial charge is 0.128 e. The number of hydrogen-bond acceptors (Lipinski definition) is 4. The molecule has 3 nitrogen and oxygen atoms in total. The second-order valence-corrected chi connectivity index (χ2v) is 7.40. The highest BCUT2D eigenvalue weighted by molar-refractivity contribution is 7.99. The minimum atomic E-state index is 0.150. The fourth-order valence-electron chi connectivity index (χ4n) is 2.13. The van der Waals surface area contributed by atoms with Crippen molar-refractivity contribution in [3.63, 3.8) is 0 Å². The average molecular weight is 279 g/mol. The van der Waals surface area contributed by atoms with Gasteiger partial charge < -0.3 is 10.2 Å². The zero-order valence-corrected chi connectivity index (χ0v) is 13.3. The number of nitrogens with zero attached hydrogens (tertiary/aromatic N) is 2. The molecular formula is C15H25N3S. The highest BCUT2D eigenvalue weighted by Crippen LogP contribution is 2.22. The van der Waals surface area contributed by atoms with Gasteiger partial charge in [0.05, 0.1) is 0 Å². The molecule has 1 fully saturated rings. The van der Waals surface area contributed by atoms with Crippen molar-refractivity contribution in [3.8, 4) is 0 Å². The second kappa shape index (κ2) is 6.14. The second-order valence-electron chi connectivity index (χ2n) is 6.25. The molecule has 1 unspecified atom stereocenters. The molecule has 1 aliphatic heterocycles. The molecule has 0 saturated carbocycles. The molecular weight excluding hydrogens is 254 g/mol. The maximum atomic E-state index is 4.63. The van der Waals surface area contributed by atoms with Crippen molar-refractivity contribution in [1.29, 1.82) is 0 Å². The van der Waals surface area contributed by atoms with Gasteiger partial charge in [-0.05, 0) is 39.3 Å². The van der Waals surface area contributed by atoms with Gasteiger partial charge >= 0.3 is 0 Å². The Hall–Kier alpha value is -0.740. The zero-order valence-electron chi connectivity index (χ0n) is 12.4. The number of anilines is 1. The van der Waals surface area contributed by atoms with Crippen LogP contribution in [-0.2, 0) is 6.54 Å². The lowest BCUT2D eigenvalue weighted by atomic mass is 10.1. The van der Waals surface area contributed by atoms with Gasteiger partial charge in [-0.2, -0.15) is 11.8 Å². The van der Waals surface area contributed by atoms with Crippen LogP contribution >= 0.6 is 11.8 Å². The van der Waals surface area contributed by atoms with E-state index in [1.54, 1.807) is 0 Å². The zero-order chi connectivity index (χ0) is 13.9. The van der Waals surface area contributed by atoms with Crippen LogP contribution in [0.15, 0.2) is 18.3 Å². The number of rotatable bonds is 3. The Kier molecular flexibility index (Phi) is 4.74. The van der Waals surface area contributed by atoms with E-state index in [1.165, 1.54) is 17.1 Å². The summed E-state index contributed by atoms with van der Waals surface area (Å²) >= 11 is 2.04. The van der Waals surface area contributed by atoms with Gasteiger partial charge in [-0.1, -0.05) is 6.07 Å². The summed E-state index contributed by atoms with van der Waals surface area (Å²) in [6, 6.07) is 4.94. The molecule has 0 aromatic carbocycles. The van der Waals surface area contributed by atoms with Gasteiger partial charge in [-0.3, -0.25) is 0 Å². The maximum Gasteiger partial charge on any atom is 0.128 e. The molecule has 1 N–H and O–H groups in total. The van der Waals surface area contributed by atoms with Gasteiger partial charge in [-0.15, -0.1) is 0 Å². The Bertz CT molecular complexity index is 397. The van der Waals surface area contributed by atoms with Crippen molar-refractivity contribution >= 4 is 17.6 Å². The minimum absolute atomic E-state index is 0.150. The highest BCUT2D eigenvalue weighted by Gasteiger charge is 2.19. The molecule has 19 heavy (non-hydrogen) atoms. The van der Waals surface area contributed by atoms with E-state index in [0.717, 1.165) is 18.9 Å². The number of hydrogen-bond donors (Lipinski definition) is 1. The normalized spacial score (nSPS) is 20.6. The molecule has 1 aliphatic rings. The molecule has 0 aliphatic carbocycles. The molecule has 2 heterocycles. The van der Waals surface area contributed by atoms with Gasteiger partial charge in [0.25, 0.3) is 0 Å². The van der Waals surface area contributed by atoms with Crippen LogP contribution in [-0.4, -0.2) is 34.6 Å². The Morgan fingerprint density at radius 2 is 2.21 bits per heavy atom. The van der Waals surface area contributed by atoms with Crippen LogP contribution in [0.25, 0.3) is 0 Å². The molecule has 4 heteroatoms. The number of thioether (sulfide) groups is 1. The van der Waals surface area contributed by atoms with E-state index in [4.69, 9.17) is 0 Å². The van der Waals surface area contributed by atoms with Crippen molar-refractivity contribution in [3.05, 3.63) is 23.9 Å². The number of aromatic nitrogens is 1. The first-order valence-electron chi connectivity index (χ1n) is 7.00. The Morgan fingerprint density at radius 3 is 2.79 bits per heavy atom. The largest absolute Gasteiger partial charge is 0.352 e. The van der Waals surface area contributed by atoms with Crippen LogP contribution in [0.3, 0.4) is 0 Å². The summed E-state index contributed by atoms with van der Waals surface area (Å²) in [5, 5.41) is 3.49. The van der Waals surface area contributed by atoms with Crippen molar-refractivity contribution in [2.24, 2.45) is 0 Å². The summed E-state index contributed by atoms with van der Waals surface area (Å²) in [5.74, 6) is 3.53. The molecule has 2 rings (SSSR count). The molecule has 0 bridgehead atoms. The Morgan fingerprint density at radius 1 is 1.42 bits per heavy atom. The minimum Gasteiger partial charge on any atom is -0.352 e. The molecule has 1 saturated heterocycles. The maximum absolute atomic E-state index is 4.63. The van der Waals surface area contributed by atoms with Crippen LogP contribution in [0.1, 0.15) is 33.3 Å². The van der Waals surface area contributed by atoms with Gasteiger partial charge in [0.2, 0.25) is 0 Å². The van der Waals surface area contributed by atoms with Crippen molar-refractivity contribution in [2.75, 3.05) is 23.0 Å². The monoisotopic (exact) mass is 279 g/mol. The lowest BCUT2D eigenvalue weighted by Crippen LogP contribution is -2.40. The number of nitrogens with one attached hydrogen (secondary N) is 1. The van der Waals surface area contributed by atoms with E-state index in [2.05, 4.69) is 55.0 Å². The summed E-state index contributed by atoms with van der Waals surface area (Å²) in [7, 11) is 0. The summed E-state index contributed by atoms with van der Waals surface area (Å²) in [4.78, 5) is 7.04. The van der Waals surface area contributed by atoms with Crippen LogP contribution in [0.4, 0.5) is 5.82 Å². The first kappa shape index (κ1) is 14.7. The predicted octanol–water partition coefficient (Wildman–Crippen LogP) is 2.91. The Balaban J connectivity index is 1.98. The summed E-state index contributed by atoms with van der Waals surface area (Å²) in [6.07, 6.45) is 2.00. The fourth-order valence-corrected chi connectivity index (χ4v) is 3.14. The lowest BCUT2D eigenvalue weighted by molar-refractivity contribution is 0.424. The lowest BCUT2D eigenvalue weighted by Gasteiger charge is -2.34. The molecule has 0 spiro atoms. The molecule has 1 aromatic heterocycles. The third-order valence-corrected chi connectivity index (χ3v) is 4.48. The number of pyridine rings is 1. The molecule has 0 radical (unpaired) electrons. The summed E-state index contributed by atoms with van der Waals surface area (Å²) in [6.45, 7) is 10.8. The van der Waals surface area contributed by atoms with Crippen molar-refractivity contribution < 1.29 is 0 Å². The van der Waals surface area contributed by atoms with Gasteiger partial charge in [0.1, 0.15) is 5.82 Å². The first-order valence-corrected chi connectivity index (χ1v) is 8.15. The predicted molar refractivity (Wildman–Crippen MR) is 85.0 cm³/mol. The quantitative estimate of drug-likeness (QED) is 0.921. The molecule has 1 atom stereocenters. The Labute approximate surface area is 121 Å². The molecule has 0 amide bonds. The highest BCUT2D eigenvalue weighted by atomic mass is 32.2. The van der Waals surface area contributed by atoms with Gasteiger partial charge in [0.15, 0.2) is 0 Å². The fraction of sp³-hybridized carbons (Fsp3) is 0.667.